The number of hydrogen-bond donors (Lipinski definition) is 3. The predicted molar refractivity (Wildman–Crippen MR) is 66.4 cm³/mol. The molecule has 0 aliphatic carbocycles. The van der Waals surface area contributed by atoms with Gasteiger partial charge in [-0.1, -0.05) is 18.2 Å². The van der Waals surface area contributed by atoms with Crippen LogP contribution in [0.25, 0.3) is 10.9 Å². The fraction of sp³-hybridized carbons (Fsp3) is 0.308. The fourth-order valence-corrected chi connectivity index (χ4v) is 2.54. The lowest BCUT2D eigenvalue weighted by Crippen LogP contribution is -2.61. The van der Waals surface area contributed by atoms with Crippen molar-refractivity contribution in [2.24, 2.45) is 5.73 Å². The number of benzene rings is 1. The maximum absolute atomic E-state index is 11.2. The van der Waals surface area contributed by atoms with Crippen LogP contribution in [0.15, 0.2) is 30.5 Å². The molecule has 5 heteroatoms. The third kappa shape index (κ3) is 1.38. The maximum Gasteiger partial charge on any atom is 0.321 e. The number of aromatic nitrogens is 1. The molecule has 1 saturated heterocycles. The second kappa shape index (κ2) is 3.83. The minimum atomic E-state index is -0.997. The summed E-state index contributed by atoms with van der Waals surface area (Å²) in [5, 5.41) is 10.2. The molecular weight excluding hydrogens is 232 g/mol. The molecule has 94 valence electrons. The third-order valence-electron chi connectivity index (χ3n) is 3.71. The largest absolute Gasteiger partial charge is 0.480 e. The van der Waals surface area contributed by atoms with Crippen molar-refractivity contribution in [3.05, 3.63) is 36.0 Å². The van der Waals surface area contributed by atoms with E-state index in [1.807, 2.05) is 30.5 Å². The quantitative estimate of drug-likeness (QED) is 0.749. The van der Waals surface area contributed by atoms with Gasteiger partial charge in [0.15, 0.2) is 0 Å². The summed E-state index contributed by atoms with van der Waals surface area (Å²) in [6.45, 7) is 0.699. The van der Waals surface area contributed by atoms with Crippen molar-refractivity contribution < 1.29 is 14.6 Å². The lowest BCUT2D eigenvalue weighted by atomic mass is 9.72. The van der Waals surface area contributed by atoms with E-state index in [1.54, 1.807) is 0 Å². The first-order valence-corrected chi connectivity index (χ1v) is 5.78. The van der Waals surface area contributed by atoms with Crippen molar-refractivity contribution in [2.75, 3.05) is 13.2 Å². The molecule has 0 saturated carbocycles. The number of H-pyrrole nitrogens is 1. The number of aliphatic carboxylic acids is 1. The second-order valence-corrected chi connectivity index (χ2v) is 4.71. The van der Waals surface area contributed by atoms with E-state index < -0.39 is 17.4 Å². The SMILES string of the molecule is NC(C(=O)O)C1(c2c[nH]c3ccccc23)COC1. The van der Waals surface area contributed by atoms with Crippen LogP contribution in [0.1, 0.15) is 5.56 Å². The number of carboxylic acids is 1. The highest BCUT2D eigenvalue weighted by Crippen LogP contribution is 2.39. The van der Waals surface area contributed by atoms with Crippen molar-refractivity contribution in [3.8, 4) is 0 Å². The number of carbonyl (C=O) groups is 1. The molecule has 1 unspecified atom stereocenters. The summed E-state index contributed by atoms with van der Waals surface area (Å²) >= 11 is 0. The highest BCUT2D eigenvalue weighted by atomic mass is 16.5. The Kier molecular flexibility index (Phi) is 2.39. The molecule has 0 bridgehead atoms. The van der Waals surface area contributed by atoms with Crippen molar-refractivity contribution in [3.63, 3.8) is 0 Å². The first kappa shape index (κ1) is 11.3. The molecule has 4 N–H and O–H groups in total. The Morgan fingerprint density at radius 3 is 2.78 bits per heavy atom. The molecular formula is C13H14N2O3. The number of ether oxygens (including phenoxy) is 1. The number of carboxylic acid groups (broad SMARTS) is 1. The number of fused-ring (bicyclic) bond motifs is 1. The molecule has 1 aliphatic rings. The van der Waals surface area contributed by atoms with Crippen LogP contribution in [0.4, 0.5) is 0 Å². The summed E-state index contributed by atoms with van der Waals surface area (Å²) in [6, 6.07) is 6.84. The number of para-hydroxylation sites is 1. The molecule has 0 radical (unpaired) electrons. The van der Waals surface area contributed by atoms with E-state index in [-0.39, 0.29) is 0 Å². The van der Waals surface area contributed by atoms with Gasteiger partial charge in [-0.25, -0.2) is 0 Å². The molecule has 0 spiro atoms. The summed E-state index contributed by atoms with van der Waals surface area (Å²) in [6.07, 6.45) is 1.84. The predicted octanol–water partition coefficient (Wildman–Crippen LogP) is 0.848. The Morgan fingerprint density at radius 1 is 1.44 bits per heavy atom. The highest BCUT2D eigenvalue weighted by molar-refractivity contribution is 5.86. The Balaban J connectivity index is 2.14. The van der Waals surface area contributed by atoms with Crippen LogP contribution in [-0.4, -0.2) is 35.3 Å². The van der Waals surface area contributed by atoms with Gasteiger partial charge < -0.3 is 20.6 Å². The minimum Gasteiger partial charge on any atom is -0.480 e. The van der Waals surface area contributed by atoms with Crippen molar-refractivity contribution in [1.29, 1.82) is 0 Å². The van der Waals surface area contributed by atoms with Crippen LogP contribution < -0.4 is 5.73 Å². The van der Waals surface area contributed by atoms with Gasteiger partial charge in [-0.3, -0.25) is 4.79 Å². The van der Waals surface area contributed by atoms with E-state index in [2.05, 4.69) is 4.98 Å². The number of rotatable bonds is 3. The van der Waals surface area contributed by atoms with E-state index in [1.165, 1.54) is 0 Å². The Bertz CT molecular complexity index is 601. The number of nitrogens with two attached hydrogens (primary N) is 1. The molecule has 5 nitrogen and oxygen atoms in total. The van der Waals surface area contributed by atoms with Gasteiger partial charge in [0.05, 0.1) is 18.6 Å². The van der Waals surface area contributed by atoms with Gasteiger partial charge >= 0.3 is 5.97 Å². The van der Waals surface area contributed by atoms with Gasteiger partial charge in [0.25, 0.3) is 0 Å². The molecule has 2 aromatic rings. The normalized spacial score (nSPS) is 19.4. The van der Waals surface area contributed by atoms with Crippen molar-refractivity contribution in [1.82, 2.24) is 4.98 Å². The lowest BCUT2D eigenvalue weighted by Gasteiger charge is -2.44. The number of nitrogens with one attached hydrogen (secondary N) is 1. The molecule has 1 atom stereocenters. The van der Waals surface area contributed by atoms with Gasteiger partial charge in [0.2, 0.25) is 0 Å². The summed E-state index contributed by atoms with van der Waals surface area (Å²) in [5.41, 5.74) is 7.14. The van der Waals surface area contributed by atoms with Crippen molar-refractivity contribution in [2.45, 2.75) is 11.5 Å². The van der Waals surface area contributed by atoms with Gasteiger partial charge in [0.1, 0.15) is 6.04 Å². The molecule has 3 rings (SSSR count). The average Bonchev–Trinajstić information content (AvgIpc) is 2.72. The molecule has 1 aromatic carbocycles. The fourth-order valence-electron chi connectivity index (χ4n) is 2.54. The zero-order chi connectivity index (χ0) is 12.8. The zero-order valence-electron chi connectivity index (χ0n) is 9.72. The molecule has 0 amide bonds. The van der Waals surface area contributed by atoms with E-state index >= 15 is 0 Å². The summed E-state index contributed by atoms with van der Waals surface area (Å²) in [5.74, 6) is -0.997. The monoisotopic (exact) mass is 246 g/mol. The van der Waals surface area contributed by atoms with Crippen LogP contribution >= 0.6 is 0 Å². The number of hydrogen-bond acceptors (Lipinski definition) is 3. The Morgan fingerprint density at radius 2 is 2.17 bits per heavy atom. The van der Waals surface area contributed by atoms with Gasteiger partial charge in [-0.05, 0) is 11.6 Å². The molecule has 1 fully saturated rings. The third-order valence-corrected chi connectivity index (χ3v) is 3.71. The number of aromatic amines is 1. The van der Waals surface area contributed by atoms with E-state index in [9.17, 15) is 4.79 Å². The summed E-state index contributed by atoms with van der Waals surface area (Å²) in [7, 11) is 0. The van der Waals surface area contributed by atoms with E-state index in [0.717, 1.165) is 16.5 Å². The summed E-state index contributed by atoms with van der Waals surface area (Å²) in [4.78, 5) is 14.3. The van der Waals surface area contributed by atoms with Gasteiger partial charge in [-0.2, -0.15) is 0 Å². The highest BCUT2D eigenvalue weighted by Gasteiger charge is 2.50. The smallest absolute Gasteiger partial charge is 0.321 e. The lowest BCUT2D eigenvalue weighted by molar-refractivity contribution is -0.148. The van der Waals surface area contributed by atoms with Gasteiger partial charge in [-0.15, -0.1) is 0 Å². The molecule has 1 aromatic heterocycles. The first-order valence-electron chi connectivity index (χ1n) is 5.78. The molecule has 1 aliphatic heterocycles. The van der Waals surface area contributed by atoms with Gasteiger partial charge in [0, 0.05) is 17.1 Å². The molecule has 18 heavy (non-hydrogen) atoms. The van der Waals surface area contributed by atoms with Crippen LogP contribution in [0.5, 0.6) is 0 Å². The van der Waals surface area contributed by atoms with E-state index in [4.69, 9.17) is 15.6 Å². The molecule has 2 heterocycles. The first-order chi connectivity index (χ1) is 8.65. The summed E-state index contributed by atoms with van der Waals surface area (Å²) < 4.78 is 5.23. The average molecular weight is 246 g/mol. The van der Waals surface area contributed by atoms with Crippen LogP contribution in [0, 0.1) is 0 Å². The standard InChI is InChI=1S/C13H14N2O3/c14-11(12(16)17)13(6-18-7-13)9-5-15-10-4-2-1-3-8(9)10/h1-5,11,15H,6-7,14H2,(H,16,17). The second-order valence-electron chi connectivity index (χ2n) is 4.71. The maximum atomic E-state index is 11.2. The van der Waals surface area contributed by atoms with Crippen molar-refractivity contribution >= 4 is 16.9 Å². The van der Waals surface area contributed by atoms with Crippen LogP contribution in [0.3, 0.4) is 0 Å². The minimum absolute atomic E-state index is 0.350. The Labute approximate surface area is 104 Å². The van der Waals surface area contributed by atoms with Crippen LogP contribution in [-0.2, 0) is 14.9 Å². The topological polar surface area (TPSA) is 88.3 Å². The van der Waals surface area contributed by atoms with E-state index in [0.29, 0.717) is 13.2 Å². The Hall–Kier alpha value is -1.85. The van der Waals surface area contributed by atoms with Crippen LogP contribution in [0.2, 0.25) is 0 Å². The zero-order valence-corrected chi connectivity index (χ0v) is 9.72.